The minimum Gasteiger partial charge on any atom is -0.394 e. The van der Waals surface area contributed by atoms with Crippen molar-refractivity contribution in [1.29, 1.82) is 0 Å². The highest BCUT2D eigenvalue weighted by atomic mass is 16.5. The summed E-state index contributed by atoms with van der Waals surface area (Å²) in [6, 6.07) is -4.52. The third-order valence-electron chi connectivity index (χ3n) is 6.33. The number of piperazine rings is 1. The molecule has 0 aromatic carbocycles. The molecule has 0 aromatic rings. The maximum Gasteiger partial charge on any atom is 0.270 e. The Bertz CT molecular complexity index is 996. The predicted octanol–water partition coefficient (Wildman–Crippen LogP) is -3.01. The number of nitrogens with one attached hydrogen (secondary N) is 4. The molecular formula is C24H41N7O11. The van der Waals surface area contributed by atoms with E-state index in [9.17, 15) is 54.3 Å². The van der Waals surface area contributed by atoms with Gasteiger partial charge < -0.3 is 26.4 Å². The summed E-state index contributed by atoms with van der Waals surface area (Å²) in [6.07, 6.45) is 0.646. The van der Waals surface area contributed by atoms with Gasteiger partial charge in [0.25, 0.3) is 5.91 Å². The molecule has 0 saturated carbocycles. The fraction of sp³-hybridized carbons (Fsp3) is 0.708. The zero-order valence-electron chi connectivity index (χ0n) is 23.9. The smallest absolute Gasteiger partial charge is 0.270 e. The molecule has 0 aromatic heterocycles. The Morgan fingerprint density at radius 3 is 1.62 bits per heavy atom. The Labute approximate surface area is 242 Å². The van der Waals surface area contributed by atoms with Crippen molar-refractivity contribution in [2.24, 2.45) is 0 Å². The van der Waals surface area contributed by atoms with Gasteiger partial charge in [-0.15, -0.1) is 0 Å². The second-order valence-corrected chi connectivity index (χ2v) is 9.79. The van der Waals surface area contributed by atoms with E-state index in [1.165, 1.54) is 6.92 Å². The van der Waals surface area contributed by atoms with Crippen LogP contribution in [-0.2, 0) is 33.6 Å². The largest absolute Gasteiger partial charge is 0.394 e. The zero-order chi connectivity index (χ0) is 32.0. The van der Waals surface area contributed by atoms with Crippen LogP contribution in [0.2, 0.25) is 0 Å². The number of amides is 7. The van der Waals surface area contributed by atoms with Crippen LogP contribution in [0, 0.1) is 0 Å². The number of hydroxylamine groups is 6. The second-order valence-electron chi connectivity index (χ2n) is 9.79. The lowest BCUT2D eigenvalue weighted by molar-refractivity contribution is -0.170. The van der Waals surface area contributed by atoms with Crippen molar-refractivity contribution >= 4 is 41.4 Å². The first-order valence-corrected chi connectivity index (χ1v) is 13.4. The summed E-state index contributed by atoms with van der Waals surface area (Å²) in [5.74, 6) is -4.59. The molecule has 0 unspecified atom stereocenters. The maximum atomic E-state index is 12.7. The van der Waals surface area contributed by atoms with Gasteiger partial charge in [-0.3, -0.25) is 49.2 Å². The van der Waals surface area contributed by atoms with E-state index < -0.39 is 72.1 Å². The molecule has 1 rings (SSSR count). The van der Waals surface area contributed by atoms with Crippen LogP contribution in [0.5, 0.6) is 0 Å². The van der Waals surface area contributed by atoms with E-state index in [0.717, 1.165) is 13.8 Å². The van der Waals surface area contributed by atoms with E-state index in [1.54, 1.807) is 0 Å². The Balaban J connectivity index is 2.57. The molecule has 238 valence electrons. The lowest BCUT2D eigenvalue weighted by atomic mass is 10.0. The molecule has 1 aliphatic rings. The van der Waals surface area contributed by atoms with Gasteiger partial charge in [0.05, 0.1) is 6.61 Å². The fourth-order valence-electron chi connectivity index (χ4n) is 3.99. The standard InChI is InChI=1S/C24H41N7O11/c1-14(33)25-17(7-4-10-29(40)15(2)34)21(36)28-20(13-32)24(39)31(42)12-6-9-19-23(38)26-18(22(37)27-19)8-5-11-30(41)16(3)35/h17-20,32,40-42H,4-13H2,1-3H3,(H,25,33)(H,26,38)(H,27,37)(H,28,36)/t17-,18+,19+,20+/m1/s1. The van der Waals surface area contributed by atoms with Crippen molar-refractivity contribution < 1.29 is 54.3 Å². The summed E-state index contributed by atoms with van der Waals surface area (Å²) >= 11 is 0. The van der Waals surface area contributed by atoms with Gasteiger partial charge >= 0.3 is 0 Å². The molecule has 42 heavy (non-hydrogen) atoms. The topological polar surface area (TPSA) is 258 Å². The van der Waals surface area contributed by atoms with E-state index >= 15 is 0 Å². The third-order valence-corrected chi connectivity index (χ3v) is 6.33. The monoisotopic (exact) mass is 603 g/mol. The lowest BCUT2D eigenvalue weighted by Gasteiger charge is -2.30. The lowest BCUT2D eigenvalue weighted by Crippen LogP contribution is -2.61. The van der Waals surface area contributed by atoms with Crippen molar-refractivity contribution in [3.63, 3.8) is 0 Å². The molecule has 1 fully saturated rings. The summed E-state index contributed by atoms with van der Waals surface area (Å²) in [5, 5.41) is 49.6. The molecule has 1 heterocycles. The normalized spacial score (nSPS) is 17.7. The fourth-order valence-corrected chi connectivity index (χ4v) is 3.99. The van der Waals surface area contributed by atoms with Gasteiger partial charge in [-0.1, -0.05) is 0 Å². The molecule has 4 atom stereocenters. The van der Waals surface area contributed by atoms with Crippen LogP contribution in [-0.4, -0.2) is 128 Å². The number of carbonyl (C=O) groups is 7. The maximum absolute atomic E-state index is 12.7. The SMILES string of the molecule is CC(=O)N[C@H](CCCN(O)C(C)=O)C(=O)N[C@@H](CO)C(=O)N(O)CCC[C@@H]1NC(=O)[C@H](CCCN(O)C(C)=O)NC1=O. The number of nitrogens with zero attached hydrogens (tertiary/aromatic N) is 3. The van der Waals surface area contributed by atoms with Gasteiger partial charge in [0, 0.05) is 40.4 Å². The molecule has 0 radical (unpaired) electrons. The zero-order valence-corrected chi connectivity index (χ0v) is 23.9. The van der Waals surface area contributed by atoms with E-state index in [4.69, 9.17) is 0 Å². The first kappa shape index (κ1) is 36.2. The van der Waals surface area contributed by atoms with Crippen LogP contribution < -0.4 is 21.3 Å². The number of aliphatic hydroxyl groups excluding tert-OH is 1. The van der Waals surface area contributed by atoms with Crippen LogP contribution in [0.15, 0.2) is 0 Å². The van der Waals surface area contributed by atoms with Gasteiger partial charge in [0.2, 0.25) is 35.4 Å². The second kappa shape index (κ2) is 17.8. The quantitative estimate of drug-likeness (QED) is 0.0613. The van der Waals surface area contributed by atoms with Gasteiger partial charge in [0.1, 0.15) is 24.2 Å². The first-order chi connectivity index (χ1) is 19.7. The molecule has 0 bridgehead atoms. The summed E-state index contributed by atoms with van der Waals surface area (Å²) < 4.78 is 0. The summed E-state index contributed by atoms with van der Waals surface area (Å²) in [6.45, 7) is 2.16. The number of rotatable bonds is 17. The van der Waals surface area contributed by atoms with Crippen molar-refractivity contribution in [3.05, 3.63) is 0 Å². The van der Waals surface area contributed by atoms with E-state index in [0.29, 0.717) is 10.1 Å². The predicted molar refractivity (Wildman–Crippen MR) is 140 cm³/mol. The molecule has 8 N–H and O–H groups in total. The van der Waals surface area contributed by atoms with Gasteiger partial charge in [-0.25, -0.2) is 15.2 Å². The molecule has 18 heteroatoms. The Morgan fingerprint density at radius 2 is 1.19 bits per heavy atom. The molecular weight excluding hydrogens is 562 g/mol. The summed E-state index contributed by atoms with van der Waals surface area (Å²) in [5.41, 5.74) is 0. The van der Waals surface area contributed by atoms with Crippen molar-refractivity contribution in [2.45, 2.75) is 83.5 Å². The summed E-state index contributed by atoms with van der Waals surface area (Å²) in [7, 11) is 0. The highest BCUT2D eigenvalue weighted by Gasteiger charge is 2.34. The van der Waals surface area contributed by atoms with Gasteiger partial charge in [-0.05, 0) is 38.5 Å². The molecule has 0 aliphatic carbocycles. The van der Waals surface area contributed by atoms with Crippen molar-refractivity contribution in [1.82, 2.24) is 36.5 Å². The average molecular weight is 604 g/mol. The molecule has 7 amide bonds. The number of aliphatic hydroxyl groups is 1. The molecule has 0 spiro atoms. The van der Waals surface area contributed by atoms with E-state index in [-0.39, 0.29) is 63.2 Å². The Kier molecular flexibility index (Phi) is 15.4. The van der Waals surface area contributed by atoms with Crippen molar-refractivity contribution in [2.75, 3.05) is 26.2 Å². The van der Waals surface area contributed by atoms with Crippen LogP contribution in [0.25, 0.3) is 0 Å². The Morgan fingerprint density at radius 1 is 0.738 bits per heavy atom. The molecule has 1 aliphatic heterocycles. The highest BCUT2D eigenvalue weighted by Crippen LogP contribution is 2.10. The van der Waals surface area contributed by atoms with Crippen LogP contribution in [0.4, 0.5) is 0 Å². The van der Waals surface area contributed by atoms with Crippen LogP contribution in [0.1, 0.15) is 59.3 Å². The number of carbonyl (C=O) groups excluding carboxylic acids is 7. The van der Waals surface area contributed by atoms with Crippen molar-refractivity contribution in [3.8, 4) is 0 Å². The molecule has 1 saturated heterocycles. The van der Waals surface area contributed by atoms with Gasteiger partial charge in [0.15, 0.2) is 0 Å². The van der Waals surface area contributed by atoms with E-state index in [2.05, 4.69) is 21.3 Å². The number of hydrogen-bond acceptors (Lipinski definition) is 11. The van der Waals surface area contributed by atoms with E-state index in [1.807, 2.05) is 0 Å². The van der Waals surface area contributed by atoms with Gasteiger partial charge in [-0.2, -0.15) is 0 Å². The molecule has 18 nitrogen and oxygen atoms in total. The minimum atomic E-state index is -1.57. The van der Waals surface area contributed by atoms with Crippen LogP contribution >= 0.6 is 0 Å². The average Bonchev–Trinajstić information content (AvgIpc) is 2.92. The first-order valence-electron chi connectivity index (χ1n) is 13.4. The third kappa shape index (κ3) is 12.3. The Hall–Kier alpha value is -3.87. The minimum absolute atomic E-state index is 0.00839. The summed E-state index contributed by atoms with van der Waals surface area (Å²) in [4.78, 5) is 83.7. The number of hydrogen-bond donors (Lipinski definition) is 8. The highest BCUT2D eigenvalue weighted by molar-refractivity contribution is 5.97. The van der Waals surface area contributed by atoms with Crippen LogP contribution in [0.3, 0.4) is 0 Å².